The number of aliphatic imine (C=N–C) groups is 1. The Morgan fingerprint density at radius 3 is 2.96 bits per heavy atom. The molecule has 0 aromatic carbocycles. The molecule has 0 radical (unpaired) electrons. The molecule has 0 unspecified atom stereocenters. The van der Waals surface area contributed by atoms with E-state index >= 15 is 0 Å². The van der Waals surface area contributed by atoms with E-state index in [1.165, 1.54) is 0 Å². The molecule has 0 aliphatic rings. The van der Waals surface area contributed by atoms with Gasteiger partial charge in [-0.3, -0.25) is 4.40 Å². The first-order valence-electron chi connectivity index (χ1n) is 8.19. The summed E-state index contributed by atoms with van der Waals surface area (Å²) in [5.41, 5.74) is 0.812. The summed E-state index contributed by atoms with van der Waals surface area (Å²) in [5, 5.41) is 14.9. The normalized spacial score (nSPS) is 11.8. The largest absolute Gasteiger partial charge is 0.469 e. The van der Waals surface area contributed by atoms with Crippen LogP contribution < -0.4 is 10.6 Å². The molecule has 3 heterocycles. The van der Waals surface area contributed by atoms with Gasteiger partial charge in [-0.25, -0.2) is 4.99 Å². The second kappa shape index (κ2) is 8.84. The molecular formula is C17H22N6O2. The van der Waals surface area contributed by atoms with Gasteiger partial charge in [0.05, 0.1) is 12.9 Å². The highest BCUT2D eigenvalue weighted by atomic mass is 16.5. The molecule has 25 heavy (non-hydrogen) atoms. The van der Waals surface area contributed by atoms with Crippen LogP contribution in [0.25, 0.3) is 5.65 Å². The number of nitrogens with zero attached hydrogens (tertiary/aromatic N) is 4. The number of furan rings is 1. The molecule has 0 spiro atoms. The summed E-state index contributed by atoms with van der Waals surface area (Å²) in [6.07, 6.45) is 4.39. The maximum atomic E-state index is 5.34. The van der Waals surface area contributed by atoms with Crippen molar-refractivity contribution in [2.45, 2.75) is 13.0 Å². The van der Waals surface area contributed by atoms with Crippen LogP contribution in [0.3, 0.4) is 0 Å². The van der Waals surface area contributed by atoms with Crippen LogP contribution in [-0.4, -0.2) is 47.4 Å². The SMILES string of the molecule is COCCNC(=NCc1nnc2ccccn12)NCCc1ccco1. The molecule has 3 aromatic rings. The Hall–Kier alpha value is -2.87. The van der Waals surface area contributed by atoms with Crippen molar-refractivity contribution >= 4 is 11.6 Å². The van der Waals surface area contributed by atoms with Crippen molar-refractivity contribution in [3.63, 3.8) is 0 Å². The second-order valence-electron chi connectivity index (χ2n) is 5.39. The van der Waals surface area contributed by atoms with Crippen molar-refractivity contribution in [1.82, 2.24) is 25.2 Å². The number of fused-ring (bicyclic) bond motifs is 1. The lowest BCUT2D eigenvalue weighted by Crippen LogP contribution is -2.40. The van der Waals surface area contributed by atoms with E-state index in [1.807, 2.05) is 40.9 Å². The molecular weight excluding hydrogens is 320 g/mol. The summed E-state index contributed by atoms with van der Waals surface area (Å²) < 4.78 is 12.3. The number of hydrogen-bond acceptors (Lipinski definition) is 5. The first-order chi connectivity index (χ1) is 12.4. The van der Waals surface area contributed by atoms with Gasteiger partial charge >= 0.3 is 0 Å². The van der Waals surface area contributed by atoms with Crippen LogP contribution in [-0.2, 0) is 17.7 Å². The van der Waals surface area contributed by atoms with E-state index < -0.39 is 0 Å². The second-order valence-corrected chi connectivity index (χ2v) is 5.39. The molecule has 0 atom stereocenters. The standard InChI is InChI=1S/C17H22N6O2/c1-24-12-9-19-17(18-8-7-14-5-4-11-25-14)20-13-16-22-21-15-6-2-3-10-23(15)16/h2-6,10-11H,7-9,12-13H2,1H3,(H2,18,19,20). The Bertz CT molecular complexity index is 796. The Labute approximate surface area is 145 Å². The highest BCUT2D eigenvalue weighted by Crippen LogP contribution is 2.04. The molecule has 0 fully saturated rings. The van der Waals surface area contributed by atoms with Gasteiger partial charge in [-0.15, -0.1) is 10.2 Å². The third-order valence-electron chi connectivity index (χ3n) is 3.61. The predicted molar refractivity (Wildman–Crippen MR) is 94.4 cm³/mol. The Morgan fingerprint density at radius 1 is 1.20 bits per heavy atom. The van der Waals surface area contributed by atoms with Gasteiger partial charge in [0.1, 0.15) is 12.3 Å². The van der Waals surface area contributed by atoms with Gasteiger partial charge < -0.3 is 19.8 Å². The van der Waals surface area contributed by atoms with Crippen molar-refractivity contribution in [3.8, 4) is 0 Å². The van der Waals surface area contributed by atoms with E-state index in [2.05, 4.69) is 25.8 Å². The molecule has 8 nitrogen and oxygen atoms in total. The maximum absolute atomic E-state index is 5.34. The number of rotatable bonds is 8. The summed E-state index contributed by atoms with van der Waals surface area (Å²) in [6.45, 7) is 2.41. The lowest BCUT2D eigenvalue weighted by molar-refractivity contribution is 0.203. The highest BCUT2D eigenvalue weighted by Gasteiger charge is 2.05. The predicted octanol–water partition coefficient (Wildman–Crippen LogP) is 1.25. The van der Waals surface area contributed by atoms with Gasteiger partial charge in [-0.2, -0.15) is 0 Å². The monoisotopic (exact) mass is 342 g/mol. The van der Waals surface area contributed by atoms with E-state index in [0.29, 0.717) is 32.2 Å². The summed E-state index contributed by atoms with van der Waals surface area (Å²) in [5.74, 6) is 2.43. The third kappa shape index (κ3) is 4.80. The van der Waals surface area contributed by atoms with Gasteiger partial charge in [-0.1, -0.05) is 6.07 Å². The molecule has 0 bridgehead atoms. The zero-order valence-electron chi connectivity index (χ0n) is 14.2. The van der Waals surface area contributed by atoms with E-state index in [-0.39, 0.29) is 0 Å². The zero-order chi connectivity index (χ0) is 17.3. The van der Waals surface area contributed by atoms with Crippen molar-refractivity contribution in [1.29, 1.82) is 0 Å². The van der Waals surface area contributed by atoms with Crippen LogP contribution in [0.15, 0.2) is 52.2 Å². The highest BCUT2D eigenvalue weighted by molar-refractivity contribution is 5.79. The number of hydrogen-bond donors (Lipinski definition) is 2. The number of guanidine groups is 1. The fourth-order valence-electron chi connectivity index (χ4n) is 2.35. The Morgan fingerprint density at radius 2 is 2.12 bits per heavy atom. The minimum atomic E-state index is 0.425. The van der Waals surface area contributed by atoms with Crippen LogP contribution in [0, 0.1) is 0 Å². The molecule has 0 saturated heterocycles. The van der Waals surface area contributed by atoms with E-state index in [4.69, 9.17) is 9.15 Å². The first-order valence-corrected chi connectivity index (χ1v) is 8.19. The van der Waals surface area contributed by atoms with Crippen LogP contribution in [0.2, 0.25) is 0 Å². The molecule has 132 valence electrons. The summed E-state index contributed by atoms with van der Waals surface area (Å²) in [7, 11) is 1.67. The van der Waals surface area contributed by atoms with Crippen molar-refractivity contribution in [2.24, 2.45) is 4.99 Å². The smallest absolute Gasteiger partial charge is 0.191 e. The van der Waals surface area contributed by atoms with Gasteiger partial charge in [-0.05, 0) is 24.3 Å². The molecule has 0 aliphatic carbocycles. The fourth-order valence-corrected chi connectivity index (χ4v) is 2.35. The van der Waals surface area contributed by atoms with E-state index in [1.54, 1.807) is 13.4 Å². The number of methoxy groups -OCH3 is 1. The van der Waals surface area contributed by atoms with E-state index in [9.17, 15) is 0 Å². The van der Waals surface area contributed by atoms with Crippen molar-refractivity contribution < 1.29 is 9.15 Å². The molecule has 0 aliphatic heterocycles. The van der Waals surface area contributed by atoms with Gasteiger partial charge in [0.25, 0.3) is 0 Å². The third-order valence-corrected chi connectivity index (χ3v) is 3.61. The van der Waals surface area contributed by atoms with Crippen molar-refractivity contribution in [2.75, 3.05) is 26.8 Å². The van der Waals surface area contributed by atoms with Gasteiger partial charge in [0, 0.05) is 32.8 Å². The van der Waals surface area contributed by atoms with Crippen LogP contribution in [0.5, 0.6) is 0 Å². The molecule has 2 N–H and O–H groups in total. The summed E-state index contributed by atoms with van der Waals surface area (Å²) >= 11 is 0. The van der Waals surface area contributed by atoms with E-state index in [0.717, 1.165) is 23.7 Å². The average Bonchev–Trinajstić information content (AvgIpc) is 3.29. The molecule has 3 rings (SSSR count). The van der Waals surface area contributed by atoms with Gasteiger partial charge in [0.2, 0.25) is 0 Å². The lowest BCUT2D eigenvalue weighted by Gasteiger charge is -2.11. The van der Waals surface area contributed by atoms with Crippen LogP contribution >= 0.6 is 0 Å². The number of pyridine rings is 1. The molecule has 8 heteroatoms. The quantitative estimate of drug-likeness (QED) is 0.364. The number of nitrogens with one attached hydrogen (secondary N) is 2. The Kier molecular flexibility index (Phi) is 6.00. The average molecular weight is 342 g/mol. The van der Waals surface area contributed by atoms with Crippen molar-refractivity contribution in [3.05, 3.63) is 54.4 Å². The molecule has 3 aromatic heterocycles. The Balaban J connectivity index is 1.61. The molecule has 0 saturated carbocycles. The minimum Gasteiger partial charge on any atom is -0.469 e. The van der Waals surface area contributed by atoms with Crippen LogP contribution in [0.1, 0.15) is 11.6 Å². The summed E-state index contributed by atoms with van der Waals surface area (Å²) in [4.78, 5) is 4.59. The zero-order valence-corrected chi connectivity index (χ0v) is 14.2. The fraction of sp³-hybridized carbons (Fsp3) is 0.353. The number of ether oxygens (including phenoxy) is 1. The minimum absolute atomic E-state index is 0.425. The first kappa shape index (κ1) is 17.0. The lowest BCUT2D eigenvalue weighted by atomic mass is 10.3. The van der Waals surface area contributed by atoms with Crippen LogP contribution in [0.4, 0.5) is 0 Å². The molecule has 0 amide bonds. The number of aromatic nitrogens is 3. The maximum Gasteiger partial charge on any atom is 0.191 e. The summed E-state index contributed by atoms with van der Waals surface area (Å²) in [6, 6.07) is 9.64. The van der Waals surface area contributed by atoms with Gasteiger partial charge in [0.15, 0.2) is 17.4 Å². The topological polar surface area (TPSA) is 89.0 Å².